The van der Waals surface area contributed by atoms with Crippen LogP contribution in [0.15, 0.2) is 18.5 Å². The van der Waals surface area contributed by atoms with Crippen LogP contribution in [0.1, 0.15) is 25.7 Å². The Morgan fingerprint density at radius 1 is 0.966 bits per heavy atom. The number of hydrogen-bond acceptors (Lipinski definition) is 5. The quantitative estimate of drug-likeness (QED) is 0.728. The summed E-state index contributed by atoms with van der Waals surface area (Å²) in [6.45, 7) is 7.58. The molecule has 29 heavy (non-hydrogen) atoms. The van der Waals surface area contributed by atoms with E-state index in [0.717, 1.165) is 78.0 Å². The number of hydrogen-bond donors (Lipinski definition) is 0. The number of piperazine rings is 1. The monoisotopic (exact) mass is 402 g/mol. The van der Waals surface area contributed by atoms with Gasteiger partial charge in [0.15, 0.2) is 0 Å². The molecule has 160 valence electrons. The Bertz CT molecular complexity index is 677. The molecule has 8 heteroatoms. The van der Waals surface area contributed by atoms with Crippen molar-refractivity contribution in [1.82, 2.24) is 29.4 Å². The Labute approximate surface area is 173 Å². The Morgan fingerprint density at radius 3 is 2.41 bits per heavy atom. The highest BCUT2D eigenvalue weighted by atomic mass is 16.2. The minimum Gasteiger partial charge on any atom is -0.341 e. The molecule has 0 aliphatic carbocycles. The third kappa shape index (κ3) is 4.98. The summed E-state index contributed by atoms with van der Waals surface area (Å²) in [5.74, 6) is 0.648. The first-order valence-electron chi connectivity index (χ1n) is 11.1. The van der Waals surface area contributed by atoms with E-state index in [1.165, 1.54) is 0 Å². The zero-order chi connectivity index (χ0) is 20.2. The lowest BCUT2D eigenvalue weighted by molar-refractivity contribution is -0.139. The topological polar surface area (TPSA) is 64.9 Å². The summed E-state index contributed by atoms with van der Waals surface area (Å²) in [6, 6.07) is 2.34. The number of nitrogens with zero attached hydrogens (tertiary/aromatic N) is 6. The molecule has 1 aromatic rings. The van der Waals surface area contributed by atoms with Crippen molar-refractivity contribution < 1.29 is 9.59 Å². The van der Waals surface area contributed by atoms with Gasteiger partial charge in [-0.05, 0) is 45.3 Å². The highest BCUT2D eigenvalue weighted by molar-refractivity contribution is 5.79. The second kappa shape index (κ2) is 9.26. The molecule has 4 heterocycles. The lowest BCUT2D eigenvalue weighted by Crippen LogP contribution is -2.54. The molecule has 1 aromatic heterocycles. The number of carbonyl (C=O) groups excluding carboxylic acids is 2. The van der Waals surface area contributed by atoms with Crippen LogP contribution in [0.25, 0.3) is 0 Å². The molecule has 0 spiro atoms. The van der Waals surface area contributed by atoms with Gasteiger partial charge in [0.25, 0.3) is 0 Å². The summed E-state index contributed by atoms with van der Waals surface area (Å²) in [5.41, 5.74) is 0. The Morgan fingerprint density at radius 2 is 1.72 bits per heavy atom. The first-order valence-corrected chi connectivity index (χ1v) is 11.1. The fourth-order valence-electron chi connectivity index (χ4n) is 4.94. The smallest absolute Gasteiger partial charge is 0.244 e. The van der Waals surface area contributed by atoms with Crippen LogP contribution in [-0.2, 0) is 16.1 Å². The second-order valence-corrected chi connectivity index (χ2v) is 8.78. The van der Waals surface area contributed by atoms with E-state index in [9.17, 15) is 9.59 Å². The van der Waals surface area contributed by atoms with Crippen LogP contribution in [0, 0.1) is 5.92 Å². The van der Waals surface area contributed by atoms with Crippen molar-refractivity contribution in [2.75, 3.05) is 59.4 Å². The molecule has 8 nitrogen and oxygen atoms in total. The SMILES string of the molecule is CN1CCN(C(=O)[C@@H]2CCCN(C3CCN(C(=O)Cn4cccn4)CC3)C2)CC1. The number of amides is 2. The van der Waals surface area contributed by atoms with E-state index in [0.29, 0.717) is 18.5 Å². The first kappa shape index (κ1) is 20.3. The molecular weight excluding hydrogens is 368 g/mol. The van der Waals surface area contributed by atoms with Gasteiger partial charge in [-0.3, -0.25) is 19.2 Å². The molecule has 3 fully saturated rings. The van der Waals surface area contributed by atoms with Crippen molar-refractivity contribution in [3.05, 3.63) is 18.5 Å². The minimum atomic E-state index is 0.145. The van der Waals surface area contributed by atoms with Crippen molar-refractivity contribution in [1.29, 1.82) is 0 Å². The van der Waals surface area contributed by atoms with Crippen LogP contribution in [-0.4, -0.2) is 107 Å². The maximum atomic E-state index is 13.0. The van der Waals surface area contributed by atoms with Crippen molar-refractivity contribution >= 4 is 11.8 Å². The van der Waals surface area contributed by atoms with E-state index in [1.807, 2.05) is 17.2 Å². The zero-order valence-corrected chi connectivity index (χ0v) is 17.6. The molecule has 3 saturated heterocycles. The van der Waals surface area contributed by atoms with Gasteiger partial charge in [0.05, 0.1) is 5.92 Å². The van der Waals surface area contributed by atoms with Gasteiger partial charge in [-0.15, -0.1) is 0 Å². The van der Waals surface area contributed by atoms with Crippen molar-refractivity contribution in [3.63, 3.8) is 0 Å². The van der Waals surface area contributed by atoms with Gasteiger partial charge in [-0.1, -0.05) is 0 Å². The van der Waals surface area contributed by atoms with E-state index in [2.05, 4.69) is 26.8 Å². The van der Waals surface area contributed by atoms with E-state index in [4.69, 9.17) is 0 Å². The minimum absolute atomic E-state index is 0.145. The molecule has 0 unspecified atom stereocenters. The van der Waals surface area contributed by atoms with Crippen LogP contribution < -0.4 is 0 Å². The van der Waals surface area contributed by atoms with Crippen molar-refractivity contribution in [2.45, 2.75) is 38.3 Å². The largest absolute Gasteiger partial charge is 0.341 e. The molecule has 0 bridgehead atoms. The second-order valence-electron chi connectivity index (χ2n) is 8.78. The van der Waals surface area contributed by atoms with Crippen molar-refractivity contribution in [2.24, 2.45) is 5.92 Å². The molecule has 0 aromatic carbocycles. The average molecular weight is 403 g/mol. The van der Waals surface area contributed by atoms with E-state index in [1.54, 1.807) is 10.9 Å². The fraction of sp³-hybridized carbons (Fsp3) is 0.762. The third-order valence-electron chi connectivity index (χ3n) is 6.81. The Kier molecular flexibility index (Phi) is 6.50. The Balaban J connectivity index is 1.25. The first-order chi connectivity index (χ1) is 14.1. The van der Waals surface area contributed by atoms with Crippen molar-refractivity contribution in [3.8, 4) is 0 Å². The summed E-state index contributed by atoms with van der Waals surface area (Å²) in [4.78, 5) is 34.3. The number of aromatic nitrogens is 2. The van der Waals surface area contributed by atoms with Gasteiger partial charge < -0.3 is 14.7 Å². The summed E-state index contributed by atoms with van der Waals surface area (Å²) >= 11 is 0. The van der Waals surface area contributed by atoms with Crippen LogP contribution in [0.3, 0.4) is 0 Å². The third-order valence-corrected chi connectivity index (χ3v) is 6.81. The summed E-state index contributed by atoms with van der Waals surface area (Å²) in [5, 5.41) is 4.13. The molecule has 0 N–H and O–H groups in total. The number of carbonyl (C=O) groups is 2. The predicted octanol–water partition coefficient (Wildman–Crippen LogP) is 0.360. The predicted molar refractivity (Wildman–Crippen MR) is 110 cm³/mol. The average Bonchev–Trinajstić information content (AvgIpc) is 3.27. The molecular formula is C21H34N6O2. The number of likely N-dealkylation sites (N-methyl/N-ethyl adjacent to an activating group) is 1. The van der Waals surface area contributed by atoms with Crippen LogP contribution >= 0.6 is 0 Å². The normalized spacial score (nSPS) is 25.3. The van der Waals surface area contributed by atoms with E-state index < -0.39 is 0 Å². The molecule has 3 aliphatic rings. The Hall–Kier alpha value is -1.93. The standard InChI is InChI=1S/C21H34N6O2/c1-23-12-14-25(15-13-23)21(29)18-4-2-8-26(16-18)19-5-10-24(11-6-19)20(28)17-27-9-3-7-22-27/h3,7,9,18-19H,2,4-6,8,10-17H2,1H3/t18-/m1/s1. The summed E-state index contributed by atoms with van der Waals surface area (Å²) in [7, 11) is 2.12. The van der Waals surface area contributed by atoms with Crippen LogP contribution in [0.2, 0.25) is 0 Å². The summed E-state index contributed by atoms with van der Waals surface area (Å²) < 4.78 is 1.69. The van der Waals surface area contributed by atoms with Gasteiger partial charge >= 0.3 is 0 Å². The van der Waals surface area contributed by atoms with Gasteiger partial charge in [0.1, 0.15) is 6.54 Å². The number of rotatable bonds is 4. The van der Waals surface area contributed by atoms with Crippen LogP contribution in [0.5, 0.6) is 0 Å². The molecule has 1 atom stereocenters. The highest BCUT2D eigenvalue weighted by Gasteiger charge is 2.34. The molecule has 4 rings (SSSR count). The van der Waals surface area contributed by atoms with Crippen LogP contribution in [0.4, 0.5) is 0 Å². The number of likely N-dealkylation sites (tertiary alicyclic amines) is 2. The highest BCUT2D eigenvalue weighted by Crippen LogP contribution is 2.25. The molecule has 3 aliphatic heterocycles. The van der Waals surface area contributed by atoms with E-state index in [-0.39, 0.29) is 11.8 Å². The molecule has 0 radical (unpaired) electrons. The maximum Gasteiger partial charge on any atom is 0.244 e. The fourth-order valence-corrected chi connectivity index (χ4v) is 4.94. The van der Waals surface area contributed by atoms with Gasteiger partial charge in [0, 0.05) is 64.2 Å². The molecule has 2 amide bonds. The van der Waals surface area contributed by atoms with Gasteiger partial charge in [-0.2, -0.15) is 5.10 Å². The van der Waals surface area contributed by atoms with E-state index >= 15 is 0 Å². The van der Waals surface area contributed by atoms with Gasteiger partial charge in [0.2, 0.25) is 11.8 Å². The zero-order valence-electron chi connectivity index (χ0n) is 17.6. The summed E-state index contributed by atoms with van der Waals surface area (Å²) in [6.07, 6.45) is 7.65. The lowest BCUT2D eigenvalue weighted by atomic mass is 9.92. The maximum absolute atomic E-state index is 13.0. The number of piperidine rings is 2. The van der Waals surface area contributed by atoms with Gasteiger partial charge in [-0.25, -0.2) is 0 Å². The lowest BCUT2D eigenvalue weighted by Gasteiger charge is -2.43. The molecule has 0 saturated carbocycles.